The summed E-state index contributed by atoms with van der Waals surface area (Å²) >= 11 is 0. The van der Waals surface area contributed by atoms with Crippen molar-refractivity contribution in [2.75, 3.05) is 17.6 Å². The van der Waals surface area contributed by atoms with Gasteiger partial charge in [-0.2, -0.15) is 0 Å². The number of carboxylic acid groups (broad SMARTS) is 1. The number of anilines is 2. The fraction of sp³-hybridized carbons (Fsp3) is 0.488. The van der Waals surface area contributed by atoms with E-state index in [-0.39, 0.29) is 31.3 Å². The molecule has 56 heavy (non-hydrogen) atoms. The van der Waals surface area contributed by atoms with Gasteiger partial charge in [0.25, 0.3) is 5.91 Å². The molecule has 3 rings (SSSR count). The van der Waals surface area contributed by atoms with Crippen molar-refractivity contribution in [3.63, 3.8) is 0 Å². The van der Waals surface area contributed by atoms with E-state index in [0.717, 1.165) is 67.0 Å². The number of nitrogen functional groups attached to an aromatic ring is 1. The first-order valence-electron chi connectivity index (χ1n) is 19.8. The Bertz CT molecular complexity index is 1760. The van der Waals surface area contributed by atoms with Crippen LogP contribution in [0.5, 0.6) is 0 Å². The molecule has 0 fully saturated rings. The van der Waals surface area contributed by atoms with E-state index in [0.29, 0.717) is 37.3 Å². The van der Waals surface area contributed by atoms with Gasteiger partial charge in [0.2, 0.25) is 11.8 Å². The van der Waals surface area contributed by atoms with E-state index in [9.17, 15) is 24.0 Å². The van der Waals surface area contributed by atoms with Gasteiger partial charge < -0.3 is 36.8 Å². The van der Waals surface area contributed by atoms with Crippen molar-refractivity contribution in [1.82, 2.24) is 20.9 Å². The van der Waals surface area contributed by atoms with Gasteiger partial charge in [-0.3, -0.25) is 19.2 Å². The number of aliphatic carboxylic acids is 1. The van der Waals surface area contributed by atoms with Crippen molar-refractivity contribution in [1.29, 1.82) is 0 Å². The van der Waals surface area contributed by atoms with Crippen molar-refractivity contribution in [2.45, 2.75) is 123 Å². The van der Waals surface area contributed by atoms with Crippen LogP contribution in [0.1, 0.15) is 108 Å². The van der Waals surface area contributed by atoms with Crippen molar-refractivity contribution in [3.8, 4) is 0 Å². The number of carboxylic acids is 1. The number of nitrogens with one attached hydrogen (secondary N) is 4. The number of alkyl carbamates (subject to hydrolysis) is 1. The lowest BCUT2D eigenvalue weighted by Gasteiger charge is -2.24. The summed E-state index contributed by atoms with van der Waals surface area (Å²) in [4.78, 5) is 66.1. The molecule has 0 saturated carbocycles. The summed E-state index contributed by atoms with van der Waals surface area (Å²) in [5.41, 5.74) is 10.7. The molecule has 3 aromatic rings. The van der Waals surface area contributed by atoms with Gasteiger partial charge in [-0.15, -0.1) is 6.58 Å². The molecule has 2 aromatic carbocycles. The van der Waals surface area contributed by atoms with Gasteiger partial charge in [-0.25, -0.2) is 9.78 Å². The molecule has 1 heterocycles. The third-order valence-electron chi connectivity index (χ3n) is 9.47. The molecular formula is C43H60N6O7. The molecule has 1 unspecified atom stereocenters. The second kappa shape index (κ2) is 24.1. The summed E-state index contributed by atoms with van der Waals surface area (Å²) < 4.78 is 5.37. The van der Waals surface area contributed by atoms with Crippen LogP contribution in [-0.4, -0.2) is 58.5 Å². The highest BCUT2D eigenvalue weighted by atomic mass is 16.5. The van der Waals surface area contributed by atoms with Gasteiger partial charge in [0.15, 0.2) is 0 Å². The van der Waals surface area contributed by atoms with E-state index in [1.807, 2.05) is 12.1 Å². The molecule has 0 spiro atoms. The van der Waals surface area contributed by atoms with Gasteiger partial charge in [0.1, 0.15) is 24.5 Å². The summed E-state index contributed by atoms with van der Waals surface area (Å²) in [6.45, 7) is 9.98. The third-order valence-corrected chi connectivity index (χ3v) is 9.47. The average Bonchev–Trinajstić information content (AvgIpc) is 3.16. The third kappa shape index (κ3) is 15.7. The number of amides is 4. The summed E-state index contributed by atoms with van der Waals surface area (Å²) in [5.74, 6) is -1.88. The quantitative estimate of drug-likeness (QED) is 0.0388. The number of carbonyl (C=O) groups is 5. The Morgan fingerprint density at radius 2 is 1.55 bits per heavy atom. The van der Waals surface area contributed by atoms with Gasteiger partial charge in [0, 0.05) is 30.5 Å². The van der Waals surface area contributed by atoms with Gasteiger partial charge in [-0.05, 0) is 91.8 Å². The van der Waals surface area contributed by atoms with Crippen LogP contribution in [0, 0.1) is 5.92 Å². The van der Waals surface area contributed by atoms with Gasteiger partial charge in [-0.1, -0.05) is 76.8 Å². The fourth-order valence-electron chi connectivity index (χ4n) is 6.20. The second-order valence-electron chi connectivity index (χ2n) is 14.4. The standard InChI is InChI=1S/C43H60N6O7/c1-5-7-10-17-32-27-34-31(18-15-19-36(34)47-40(32)44)16-11-9-14-26-45-43(55)56-28-30-22-24-33(25-23-30)46-41(53)35(6-2)48-42(54)39(29(3)4)49-37(50)20-12-8-13-21-38(51)52/h6,15,18-19,22-25,27,29,35,39H,2,5,7-14,16-17,20-21,26,28H2,1,3-4H3,(H2,44,47)(H,45,55)(H,46,53)(H,48,54)(H,49,50)(H,51,52)/t35?,39-/m0/s1. The predicted octanol–water partition coefficient (Wildman–Crippen LogP) is 6.97. The van der Waals surface area contributed by atoms with E-state index in [4.69, 9.17) is 15.6 Å². The topological polar surface area (TPSA) is 202 Å². The highest BCUT2D eigenvalue weighted by Crippen LogP contribution is 2.25. The van der Waals surface area contributed by atoms with Crippen molar-refractivity contribution < 1.29 is 33.8 Å². The molecule has 1 aromatic heterocycles. The predicted molar refractivity (Wildman–Crippen MR) is 220 cm³/mol. The average molecular weight is 773 g/mol. The number of unbranched alkanes of at least 4 members (excludes halogenated alkanes) is 6. The number of nitrogens with two attached hydrogens (primary N) is 1. The summed E-state index contributed by atoms with van der Waals surface area (Å²) in [6, 6.07) is 13.2. The Kier molecular flexibility index (Phi) is 19.4. The molecule has 0 aliphatic rings. The van der Waals surface area contributed by atoms with Crippen LogP contribution in [0.2, 0.25) is 0 Å². The highest BCUT2D eigenvalue weighted by Gasteiger charge is 2.27. The number of ether oxygens (including phenoxy) is 1. The van der Waals surface area contributed by atoms with Gasteiger partial charge >= 0.3 is 12.1 Å². The van der Waals surface area contributed by atoms with E-state index in [1.54, 1.807) is 38.1 Å². The minimum absolute atomic E-state index is 0.0486. The number of carbonyl (C=O) groups excluding carboxylic acids is 4. The number of pyridine rings is 1. The Balaban J connectivity index is 1.36. The molecular weight excluding hydrogens is 713 g/mol. The molecule has 0 aliphatic carbocycles. The number of benzene rings is 2. The van der Waals surface area contributed by atoms with Gasteiger partial charge in [0.05, 0.1) is 5.52 Å². The van der Waals surface area contributed by atoms with Crippen LogP contribution in [-0.2, 0) is 43.4 Å². The van der Waals surface area contributed by atoms with Crippen LogP contribution in [0.25, 0.3) is 10.9 Å². The molecule has 4 amide bonds. The number of rotatable bonds is 25. The normalized spacial score (nSPS) is 12.1. The SMILES string of the molecule is C=CC(NC(=O)[C@@H](NC(=O)CCCCCC(=O)O)C(C)C)C(=O)Nc1ccc(COC(=O)NCCCCCc2cccc3nc(N)c(CCCCC)cc23)cc1. The lowest BCUT2D eigenvalue weighted by Crippen LogP contribution is -2.54. The molecule has 13 heteroatoms. The number of hydrogen-bond acceptors (Lipinski definition) is 8. The molecule has 2 atom stereocenters. The van der Waals surface area contributed by atoms with Crippen molar-refractivity contribution >= 4 is 52.2 Å². The lowest BCUT2D eigenvalue weighted by atomic mass is 9.99. The highest BCUT2D eigenvalue weighted by molar-refractivity contribution is 5.99. The number of aryl methyl sites for hydroxylation is 2. The zero-order chi connectivity index (χ0) is 40.9. The molecule has 0 radical (unpaired) electrons. The molecule has 13 nitrogen and oxygen atoms in total. The van der Waals surface area contributed by atoms with Crippen LogP contribution >= 0.6 is 0 Å². The first-order chi connectivity index (χ1) is 26.9. The monoisotopic (exact) mass is 772 g/mol. The number of aromatic nitrogens is 1. The fourth-order valence-corrected chi connectivity index (χ4v) is 6.20. The Morgan fingerprint density at radius 3 is 2.25 bits per heavy atom. The smallest absolute Gasteiger partial charge is 0.407 e. The molecule has 0 aliphatic heterocycles. The van der Waals surface area contributed by atoms with E-state index in [2.05, 4.69) is 51.9 Å². The summed E-state index contributed by atoms with van der Waals surface area (Å²) in [5, 5.41) is 20.8. The first-order valence-corrected chi connectivity index (χ1v) is 19.8. The molecule has 7 N–H and O–H groups in total. The molecule has 0 saturated heterocycles. The van der Waals surface area contributed by atoms with Crippen LogP contribution < -0.4 is 27.0 Å². The van der Waals surface area contributed by atoms with Crippen LogP contribution in [0.4, 0.5) is 16.3 Å². The van der Waals surface area contributed by atoms with Crippen LogP contribution in [0.15, 0.2) is 61.2 Å². The zero-order valence-corrected chi connectivity index (χ0v) is 33.2. The summed E-state index contributed by atoms with van der Waals surface area (Å²) in [7, 11) is 0. The lowest BCUT2D eigenvalue weighted by molar-refractivity contribution is -0.137. The Morgan fingerprint density at radius 1 is 0.857 bits per heavy atom. The molecule has 0 bridgehead atoms. The maximum atomic E-state index is 13.1. The maximum absolute atomic E-state index is 13.1. The van der Waals surface area contributed by atoms with Crippen molar-refractivity contribution in [3.05, 3.63) is 77.9 Å². The molecule has 304 valence electrons. The Labute approximate surface area is 330 Å². The van der Waals surface area contributed by atoms with Crippen molar-refractivity contribution in [2.24, 2.45) is 5.92 Å². The van der Waals surface area contributed by atoms with Crippen LogP contribution in [0.3, 0.4) is 0 Å². The number of hydrogen-bond donors (Lipinski definition) is 6. The largest absolute Gasteiger partial charge is 0.481 e. The van der Waals surface area contributed by atoms with E-state index >= 15 is 0 Å². The summed E-state index contributed by atoms with van der Waals surface area (Å²) in [6.07, 6.45) is 10.6. The maximum Gasteiger partial charge on any atom is 0.407 e. The Hall–Kier alpha value is -5.46. The minimum Gasteiger partial charge on any atom is -0.481 e. The number of nitrogens with zero attached hydrogens (tertiary/aromatic N) is 1. The minimum atomic E-state index is -1.06. The van der Waals surface area contributed by atoms with E-state index in [1.165, 1.54) is 18.1 Å². The zero-order valence-electron chi connectivity index (χ0n) is 33.2. The first kappa shape index (κ1) is 44.9. The van der Waals surface area contributed by atoms with E-state index < -0.39 is 36.0 Å². The number of fused-ring (bicyclic) bond motifs is 1. The second-order valence-corrected chi connectivity index (χ2v) is 14.4.